The molecule has 6 heteroatoms. The molecule has 0 fully saturated rings. The maximum Gasteiger partial charge on any atom is 0.181 e. The Labute approximate surface area is 157 Å². The molecule has 1 aliphatic heterocycles. The molecule has 0 bridgehead atoms. The number of carbonyl (C=O) groups excluding carboxylic acids is 1. The van der Waals surface area contributed by atoms with Crippen LogP contribution in [0.4, 0.5) is 0 Å². The van der Waals surface area contributed by atoms with Crippen molar-refractivity contribution in [2.45, 2.75) is 26.2 Å². The standard InChI is InChI=1S/C21H22O6/c1-11(2)4-6-14-17(26-3)9-18-19(20(14)24)21(25)15(10-27-18)13-7-5-12(22)8-16(13)23/h4-5,7-9,15,22-24H,6,10H2,1-3H3/t15-/m0/s1. The number of rotatable bonds is 4. The first-order valence-corrected chi connectivity index (χ1v) is 8.58. The van der Waals surface area contributed by atoms with Crippen LogP contribution in [0.15, 0.2) is 35.9 Å². The molecule has 27 heavy (non-hydrogen) atoms. The number of aromatic hydroxyl groups is 3. The fourth-order valence-electron chi connectivity index (χ4n) is 3.18. The number of allylic oxidation sites excluding steroid dienone is 2. The van der Waals surface area contributed by atoms with E-state index >= 15 is 0 Å². The van der Waals surface area contributed by atoms with Gasteiger partial charge < -0.3 is 24.8 Å². The maximum absolute atomic E-state index is 13.1. The third kappa shape index (κ3) is 3.43. The van der Waals surface area contributed by atoms with E-state index in [1.165, 1.54) is 25.3 Å². The average molecular weight is 370 g/mol. The molecule has 1 atom stereocenters. The Balaban J connectivity index is 2.08. The Morgan fingerprint density at radius 1 is 1.26 bits per heavy atom. The predicted molar refractivity (Wildman–Crippen MR) is 100 cm³/mol. The quantitative estimate of drug-likeness (QED) is 0.711. The summed E-state index contributed by atoms with van der Waals surface area (Å²) in [6, 6.07) is 5.65. The van der Waals surface area contributed by atoms with Gasteiger partial charge in [-0.2, -0.15) is 0 Å². The number of hydrogen-bond acceptors (Lipinski definition) is 6. The number of fused-ring (bicyclic) bond motifs is 1. The van der Waals surface area contributed by atoms with Gasteiger partial charge in [0.1, 0.15) is 40.9 Å². The Morgan fingerprint density at radius 3 is 2.63 bits per heavy atom. The minimum atomic E-state index is -0.784. The van der Waals surface area contributed by atoms with Crippen LogP contribution < -0.4 is 9.47 Å². The summed E-state index contributed by atoms with van der Waals surface area (Å²) in [6.07, 6.45) is 2.34. The summed E-state index contributed by atoms with van der Waals surface area (Å²) >= 11 is 0. The van der Waals surface area contributed by atoms with Crippen molar-refractivity contribution >= 4 is 5.78 Å². The van der Waals surface area contributed by atoms with Crippen molar-refractivity contribution in [1.29, 1.82) is 0 Å². The Bertz CT molecular complexity index is 925. The van der Waals surface area contributed by atoms with Gasteiger partial charge in [0.05, 0.1) is 13.0 Å². The lowest BCUT2D eigenvalue weighted by Gasteiger charge is -2.27. The van der Waals surface area contributed by atoms with Crippen molar-refractivity contribution in [2.75, 3.05) is 13.7 Å². The number of Topliss-reactive ketones (excluding diaryl/α,β-unsaturated/α-hetero) is 1. The Kier molecular flexibility index (Phi) is 4.99. The lowest BCUT2D eigenvalue weighted by molar-refractivity contribution is 0.0889. The summed E-state index contributed by atoms with van der Waals surface area (Å²) in [5.41, 5.74) is 2.00. The minimum absolute atomic E-state index is 0.0140. The van der Waals surface area contributed by atoms with Gasteiger partial charge in [0.2, 0.25) is 0 Å². The molecular formula is C21H22O6. The van der Waals surface area contributed by atoms with Crippen LogP contribution in [0.25, 0.3) is 0 Å². The highest BCUT2D eigenvalue weighted by Crippen LogP contribution is 2.45. The van der Waals surface area contributed by atoms with Gasteiger partial charge in [-0.1, -0.05) is 17.7 Å². The molecule has 0 unspecified atom stereocenters. The molecule has 1 heterocycles. The predicted octanol–water partition coefficient (Wildman–Crippen LogP) is 3.68. The van der Waals surface area contributed by atoms with Gasteiger partial charge >= 0.3 is 0 Å². The second kappa shape index (κ2) is 7.23. The fourth-order valence-corrected chi connectivity index (χ4v) is 3.18. The number of methoxy groups -OCH3 is 1. The highest BCUT2D eigenvalue weighted by atomic mass is 16.5. The molecule has 0 aromatic heterocycles. The first-order valence-electron chi connectivity index (χ1n) is 8.58. The van der Waals surface area contributed by atoms with Gasteiger partial charge in [0.25, 0.3) is 0 Å². The first-order chi connectivity index (χ1) is 12.8. The number of benzene rings is 2. The lowest BCUT2D eigenvalue weighted by atomic mass is 9.86. The van der Waals surface area contributed by atoms with Crippen molar-refractivity contribution in [1.82, 2.24) is 0 Å². The van der Waals surface area contributed by atoms with E-state index in [0.29, 0.717) is 23.3 Å². The van der Waals surface area contributed by atoms with Gasteiger partial charge in [-0.25, -0.2) is 0 Å². The molecule has 0 radical (unpaired) electrons. The van der Waals surface area contributed by atoms with Crippen molar-refractivity contribution in [3.8, 4) is 28.7 Å². The molecule has 3 rings (SSSR count). The number of phenolic OH excluding ortho intramolecular Hbond substituents is 3. The van der Waals surface area contributed by atoms with Crippen LogP contribution in [0.3, 0.4) is 0 Å². The SMILES string of the molecule is COc1cc2c(c(O)c1CC=C(C)C)C(=O)[C@H](c1ccc(O)cc1O)CO2. The summed E-state index contributed by atoms with van der Waals surface area (Å²) in [5.74, 6) is -0.901. The third-order valence-corrected chi connectivity index (χ3v) is 4.62. The minimum Gasteiger partial charge on any atom is -0.508 e. The molecule has 2 aromatic rings. The molecular weight excluding hydrogens is 348 g/mol. The Morgan fingerprint density at radius 2 is 2.00 bits per heavy atom. The second-order valence-corrected chi connectivity index (χ2v) is 6.74. The summed E-state index contributed by atoms with van der Waals surface area (Å²) in [7, 11) is 1.50. The number of carbonyl (C=O) groups is 1. The van der Waals surface area contributed by atoms with Gasteiger partial charge in [-0.3, -0.25) is 4.79 Å². The molecule has 3 N–H and O–H groups in total. The molecule has 6 nitrogen and oxygen atoms in total. The molecule has 1 aliphatic rings. The zero-order chi connectivity index (χ0) is 19.7. The number of ether oxygens (including phenoxy) is 2. The van der Waals surface area contributed by atoms with Crippen molar-refractivity contribution in [3.63, 3.8) is 0 Å². The topological polar surface area (TPSA) is 96.2 Å². The fraction of sp³-hybridized carbons (Fsp3) is 0.286. The van der Waals surface area contributed by atoms with E-state index in [2.05, 4.69) is 0 Å². The molecule has 0 amide bonds. The summed E-state index contributed by atoms with van der Waals surface area (Å²) in [6.45, 7) is 3.90. The third-order valence-electron chi connectivity index (χ3n) is 4.62. The van der Waals surface area contributed by atoms with Crippen LogP contribution >= 0.6 is 0 Å². The van der Waals surface area contributed by atoms with Crippen LogP contribution in [0.2, 0.25) is 0 Å². The first kappa shape index (κ1) is 18.6. The van der Waals surface area contributed by atoms with E-state index in [0.717, 1.165) is 5.57 Å². The second-order valence-electron chi connectivity index (χ2n) is 6.74. The number of hydrogen-bond donors (Lipinski definition) is 3. The smallest absolute Gasteiger partial charge is 0.181 e. The van der Waals surface area contributed by atoms with Crippen LogP contribution in [0.1, 0.15) is 41.3 Å². The van der Waals surface area contributed by atoms with Gasteiger partial charge in [-0.05, 0) is 26.3 Å². The van der Waals surface area contributed by atoms with E-state index in [1.54, 1.807) is 6.07 Å². The molecule has 142 valence electrons. The largest absolute Gasteiger partial charge is 0.508 e. The zero-order valence-corrected chi connectivity index (χ0v) is 15.4. The van der Waals surface area contributed by atoms with Crippen molar-refractivity contribution in [2.24, 2.45) is 0 Å². The van der Waals surface area contributed by atoms with E-state index < -0.39 is 5.92 Å². The van der Waals surface area contributed by atoms with Crippen LogP contribution in [-0.2, 0) is 6.42 Å². The van der Waals surface area contributed by atoms with Crippen LogP contribution in [0, 0.1) is 0 Å². The van der Waals surface area contributed by atoms with Crippen molar-refractivity contribution in [3.05, 3.63) is 52.6 Å². The van der Waals surface area contributed by atoms with Gasteiger partial charge in [-0.15, -0.1) is 0 Å². The highest BCUT2D eigenvalue weighted by Gasteiger charge is 2.36. The normalized spacial score (nSPS) is 15.7. The van der Waals surface area contributed by atoms with Crippen molar-refractivity contribution < 1.29 is 29.6 Å². The van der Waals surface area contributed by atoms with Crippen LogP contribution in [-0.4, -0.2) is 34.8 Å². The van der Waals surface area contributed by atoms with E-state index in [4.69, 9.17) is 9.47 Å². The van der Waals surface area contributed by atoms with Crippen LogP contribution in [0.5, 0.6) is 28.7 Å². The summed E-state index contributed by atoms with van der Waals surface area (Å²) < 4.78 is 11.1. The molecule has 0 saturated carbocycles. The molecule has 2 aromatic carbocycles. The van der Waals surface area contributed by atoms with Gasteiger partial charge in [0.15, 0.2) is 5.78 Å². The zero-order valence-electron chi connectivity index (χ0n) is 15.4. The monoisotopic (exact) mass is 370 g/mol. The Hall–Kier alpha value is -3.15. The maximum atomic E-state index is 13.1. The molecule has 0 aliphatic carbocycles. The highest BCUT2D eigenvalue weighted by molar-refractivity contribution is 6.07. The summed E-state index contributed by atoms with van der Waals surface area (Å²) in [5, 5.41) is 30.4. The number of ketones is 1. The molecule has 0 saturated heterocycles. The van der Waals surface area contributed by atoms with E-state index in [1.807, 2.05) is 19.9 Å². The molecule has 0 spiro atoms. The lowest BCUT2D eigenvalue weighted by Crippen LogP contribution is -2.26. The average Bonchev–Trinajstić information content (AvgIpc) is 2.61. The summed E-state index contributed by atoms with van der Waals surface area (Å²) in [4.78, 5) is 13.1. The number of phenols is 3. The van der Waals surface area contributed by atoms with Gasteiger partial charge in [0, 0.05) is 23.3 Å². The van der Waals surface area contributed by atoms with E-state index in [-0.39, 0.29) is 41.0 Å². The van der Waals surface area contributed by atoms with E-state index in [9.17, 15) is 20.1 Å².